The first kappa shape index (κ1) is 24.9. The summed E-state index contributed by atoms with van der Waals surface area (Å²) in [7, 11) is 0. The highest BCUT2D eigenvalue weighted by molar-refractivity contribution is 7.99. The molecule has 1 aromatic heterocycles. The van der Waals surface area contributed by atoms with Crippen LogP contribution in [0.1, 0.15) is 53.3 Å². The topological polar surface area (TPSA) is 92.2 Å². The molecule has 0 bridgehead atoms. The van der Waals surface area contributed by atoms with Crippen LogP contribution in [-0.2, 0) is 11.2 Å². The van der Waals surface area contributed by atoms with Crippen LogP contribution in [0.3, 0.4) is 0 Å². The lowest BCUT2D eigenvalue weighted by molar-refractivity contribution is -0.137. The van der Waals surface area contributed by atoms with Gasteiger partial charge in [0.2, 0.25) is 0 Å². The molecule has 6 nitrogen and oxygen atoms in total. The number of hydrogen-bond acceptors (Lipinski definition) is 5. The molecule has 2 N–H and O–H groups in total. The highest BCUT2D eigenvalue weighted by Crippen LogP contribution is 2.36. The molecule has 8 heteroatoms. The Bertz CT molecular complexity index is 1460. The summed E-state index contributed by atoms with van der Waals surface area (Å²) >= 11 is 1.81. The highest BCUT2D eigenvalue weighted by Gasteiger charge is 2.23. The van der Waals surface area contributed by atoms with E-state index in [1.807, 2.05) is 12.1 Å². The summed E-state index contributed by atoms with van der Waals surface area (Å²) in [6.07, 6.45) is 2.61. The van der Waals surface area contributed by atoms with Crippen LogP contribution in [0.2, 0.25) is 0 Å². The minimum absolute atomic E-state index is 0.0441. The van der Waals surface area contributed by atoms with Gasteiger partial charge in [0.1, 0.15) is 5.82 Å². The van der Waals surface area contributed by atoms with Gasteiger partial charge in [0, 0.05) is 28.2 Å². The second-order valence-corrected chi connectivity index (χ2v) is 10.2. The molecule has 0 fully saturated rings. The normalized spacial score (nSPS) is 14.8. The van der Waals surface area contributed by atoms with E-state index in [1.165, 1.54) is 17.0 Å². The Balaban J connectivity index is 1.43. The second kappa shape index (κ2) is 11.1. The monoisotopic (exact) mass is 515 g/mol. The van der Waals surface area contributed by atoms with E-state index in [2.05, 4.69) is 17.4 Å². The maximum atomic E-state index is 13.5. The van der Waals surface area contributed by atoms with Crippen molar-refractivity contribution in [3.8, 4) is 11.3 Å². The first-order valence-corrected chi connectivity index (χ1v) is 13.3. The summed E-state index contributed by atoms with van der Waals surface area (Å²) in [4.78, 5) is 34.9. The summed E-state index contributed by atoms with van der Waals surface area (Å²) < 4.78 is 13.5. The zero-order valence-corrected chi connectivity index (χ0v) is 20.9. The molecule has 1 aliphatic rings. The number of carbonyl (C=O) groups is 2. The third-order valence-electron chi connectivity index (χ3n) is 6.43. The van der Waals surface area contributed by atoms with Gasteiger partial charge in [-0.15, -0.1) is 11.8 Å². The molecule has 0 radical (unpaired) electrons. The predicted molar refractivity (Wildman–Crippen MR) is 142 cm³/mol. The molecule has 37 heavy (non-hydrogen) atoms. The Morgan fingerprint density at radius 3 is 2.62 bits per heavy atom. The Morgan fingerprint density at radius 1 is 1.00 bits per heavy atom. The Morgan fingerprint density at radius 2 is 1.81 bits per heavy atom. The molecule has 2 heterocycles. The van der Waals surface area contributed by atoms with Gasteiger partial charge in [0.15, 0.2) is 0 Å². The van der Waals surface area contributed by atoms with Crippen LogP contribution >= 0.6 is 11.8 Å². The van der Waals surface area contributed by atoms with Gasteiger partial charge in [-0.3, -0.25) is 9.59 Å². The van der Waals surface area contributed by atoms with E-state index in [0.29, 0.717) is 47.2 Å². The summed E-state index contributed by atoms with van der Waals surface area (Å²) in [5.41, 5.74) is 4.93. The number of nitrogens with one attached hydrogen (secondary N) is 1. The Kier molecular flexibility index (Phi) is 7.46. The smallest absolute Gasteiger partial charge is 0.303 e. The standard InChI is InChI=1S/C29H26FN3O3S/c30-20-12-9-18(10-13-20)28-24(6-2-4-8-27(34)35)31-25-17-19(11-14-23(25)32-28)29(36)33-22-15-16-37-26-7-3-1-5-21(22)26/h1,3,5,7,9-14,17,22H,2,4,6,8,15-16H2,(H,33,36)(H,34,35)/t22-/m1/s1. The van der Waals surface area contributed by atoms with Crippen molar-refractivity contribution in [3.63, 3.8) is 0 Å². The number of carboxylic acids is 1. The molecule has 0 saturated heterocycles. The summed E-state index contributed by atoms with van der Waals surface area (Å²) in [5.74, 6) is -0.391. The molecule has 1 amide bonds. The number of nitrogens with zero attached hydrogens (tertiary/aromatic N) is 2. The molecule has 0 aliphatic carbocycles. The molecule has 3 aromatic carbocycles. The first-order chi connectivity index (χ1) is 18.0. The number of aryl methyl sites for hydroxylation is 1. The van der Waals surface area contributed by atoms with Crippen LogP contribution in [0.25, 0.3) is 22.3 Å². The van der Waals surface area contributed by atoms with E-state index in [0.717, 1.165) is 23.3 Å². The van der Waals surface area contributed by atoms with Crippen molar-refractivity contribution in [3.05, 3.63) is 89.4 Å². The predicted octanol–water partition coefficient (Wildman–Crippen LogP) is 6.20. The fourth-order valence-electron chi connectivity index (χ4n) is 4.55. The van der Waals surface area contributed by atoms with E-state index in [1.54, 1.807) is 42.1 Å². The zero-order chi connectivity index (χ0) is 25.8. The number of halogens is 1. The molecular weight excluding hydrogens is 489 g/mol. The van der Waals surface area contributed by atoms with Crippen LogP contribution in [0.5, 0.6) is 0 Å². The van der Waals surface area contributed by atoms with Gasteiger partial charge in [-0.25, -0.2) is 14.4 Å². The number of unbranched alkanes of at least 4 members (excludes halogenated alkanes) is 1. The number of carboxylic acid groups (broad SMARTS) is 1. The molecular formula is C29H26FN3O3S. The summed E-state index contributed by atoms with van der Waals surface area (Å²) in [5, 5.41) is 12.1. The lowest BCUT2D eigenvalue weighted by Crippen LogP contribution is -2.30. The van der Waals surface area contributed by atoms with Crippen LogP contribution in [0, 0.1) is 5.82 Å². The molecule has 4 aromatic rings. The second-order valence-electron chi connectivity index (χ2n) is 9.03. The van der Waals surface area contributed by atoms with Crippen molar-refractivity contribution in [2.24, 2.45) is 0 Å². The number of aromatic nitrogens is 2. The lowest BCUT2D eigenvalue weighted by Gasteiger charge is -2.26. The Labute approximate surface area is 218 Å². The average Bonchev–Trinajstić information content (AvgIpc) is 2.91. The number of aliphatic carboxylic acids is 1. The molecule has 0 unspecified atom stereocenters. The maximum absolute atomic E-state index is 13.5. The number of hydrogen-bond donors (Lipinski definition) is 2. The third-order valence-corrected chi connectivity index (χ3v) is 7.56. The molecule has 188 valence electrons. The minimum Gasteiger partial charge on any atom is -0.481 e. The van der Waals surface area contributed by atoms with E-state index in [-0.39, 0.29) is 24.2 Å². The number of carbonyl (C=O) groups excluding carboxylic acids is 1. The molecule has 5 rings (SSSR count). The van der Waals surface area contributed by atoms with Gasteiger partial charge in [-0.1, -0.05) is 18.2 Å². The van der Waals surface area contributed by atoms with Gasteiger partial charge in [-0.2, -0.15) is 0 Å². The molecule has 0 saturated carbocycles. The molecule has 1 atom stereocenters. The highest BCUT2D eigenvalue weighted by atomic mass is 32.2. The quantitative estimate of drug-likeness (QED) is 0.272. The maximum Gasteiger partial charge on any atom is 0.303 e. The zero-order valence-electron chi connectivity index (χ0n) is 20.1. The van der Waals surface area contributed by atoms with Gasteiger partial charge >= 0.3 is 5.97 Å². The average molecular weight is 516 g/mol. The number of benzene rings is 3. The number of rotatable bonds is 8. The van der Waals surface area contributed by atoms with Gasteiger partial charge < -0.3 is 10.4 Å². The molecule has 1 aliphatic heterocycles. The van der Waals surface area contributed by atoms with E-state index in [4.69, 9.17) is 15.1 Å². The van der Waals surface area contributed by atoms with E-state index in [9.17, 15) is 14.0 Å². The lowest BCUT2D eigenvalue weighted by atomic mass is 10.0. The van der Waals surface area contributed by atoms with Crippen molar-refractivity contribution in [1.82, 2.24) is 15.3 Å². The summed E-state index contributed by atoms with van der Waals surface area (Å²) in [6, 6.07) is 19.5. The fraction of sp³-hybridized carbons (Fsp3) is 0.241. The van der Waals surface area contributed by atoms with Crippen molar-refractivity contribution < 1.29 is 19.1 Å². The largest absolute Gasteiger partial charge is 0.481 e. The fourth-order valence-corrected chi connectivity index (χ4v) is 5.67. The van der Waals surface area contributed by atoms with Gasteiger partial charge in [0.25, 0.3) is 5.91 Å². The minimum atomic E-state index is -0.835. The van der Waals surface area contributed by atoms with Crippen LogP contribution in [0.15, 0.2) is 71.6 Å². The van der Waals surface area contributed by atoms with Gasteiger partial charge in [-0.05, 0) is 79.8 Å². The summed E-state index contributed by atoms with van der Waals surface area (Å²) in [6.45, 7) is 0. The van der Waals surface area contributed by atoms with Crippen molar-refractivity contribution in [2.45, 2.75) is 43.0 Å². The number of thioether (sulfide) groups is 1. The van der Waals surface area contributed by atoms with Crippen molar-refractivity contribution in [2.75, 3.05) is 5.75 Å². The van der Waals surface area contributed by atoms with Crippen molar-refractivity contribution in [1.29, 1.82) is 0 Å². The van der Waals surface area contributed by atoms with Crippen molar-refractivity contribution >= 4 is 34.7 Å². The Hall–Kier alpha value is -3.78. The van der Waals surface area contributed by atoms with Crippen LogP contribution < -0.4 is 5.32 Å². The van der Waals surface area contributed by atoms with E-state index >= 15 is 0 Å². The molecule has 0 spiro atoms. The van der Waals surface area contributed by atoms with Crippen LogP contribution in [-0.4, -0.2) is 32.7 Å². The third kappa shape index (κ3) is 5.80. The number of fused-ring (bicyclic) bond motifs is 2. The SMILES string of the molecule is O=C(O)CCCCc1nc2cc(C(=O)N[C@@H]3CCSc4ccccc43)ccc2nc1-c1ccc(F)cc1. The number of amides is 1. The van der Waals surface area contributed by atoms with Gasteiger partial charge in [0.05, 0.1) is 28.5 Å². The first-order valence-electron chi connectivity index (χ1n) is 12.3. The van der Waals surface area contributed by atoms with Crippen LogP contribution in [0.4, 0.5) is 4.39 Å². The van der Waals surface area contributed by atoms with E-state index < -0.39 is 5.97 Å².